The number of ketones is 1. The van der Waals surface area contributed by atoms with Gasteiger partial charge in [-0.25, -0.2) is 0 Å². The van der Waals surface area contributed by atoms with Crippen molar-refractivity contribution in [2.75, 3.05) is 0 Å². The summed E-state index contributed by atoms with van der Waals surface area (Å²) in [5.74, 6) is -3.55. The summed E-state index contributed by atoms with van der Waals surface area (Å²) in [6, 6.07) is -0.886. The van der Waals surface area contributed by atoms with Crippen LogP contribution in [0.15, 0.2) is 12.1 Å². The van der Waals surface area contributed by atoms with Gasteiger partial charge in [-0.05, 0) is 26.0 Å². The van der Waals surface area contributed by atoms with E-state index < -0.39 is 36.8 Å². The lowest BCUT2D eigenvalue weighted by Crippen LogP contribution is -2.09. The van der Waals surface area contributed by atoms with Crippen molar-refractivity contribution in [1.29, 1.82) is 0 Å². The Balaban J connectivity index is 3.63. The number of carbonyl (C=O) groups excluding carboxylic acids is 1. The van der Waals surface area contributed by atoms with Crippen LogP contribution in [0, 0.1) is 5.89 Å². The Labute approximate surface area is 67.0 Å². The maximum absolute atomic E-state index is 11.3. The van der Waals surface area contributed by atoms with E-state index in [-0.39, 0.29) is 0 Å². The zero-order chi connectivity index (χ0) is 13.9. The predicted molar refractivity (Wildman–Crippen MR) is 37.2 cm³/mol. The molecule has 1 nitrogen and oxygen atoms in total. The molecule has 1 aliphatic carbocycles. The summed E-state index contributed by atoms with van der Waals surface area (Å²) in [7, 11) is 0. The van der Waals surface area contributed by atoms with Crippen LogP contribution in [0.4, 0.5) is 0 Å². The standard InChI is InChI=1S/C8H12O/c1-7(9)8-5-3-2-4-6-8/h3,5,8H,2,4,6H2,1H3/i2D2,3D,4D2,6D2,8D. The van der Waals surface area contributed by atoms with Crippen molar-refractivity contribution in [1.82, 2.24) is 0 Å². The molecular weight excluding hydrogens is 112 g/mol. The molecule has 1 unspecified atom stereocenters. The highest BCUT2D eigenvalue weighted by Gasteiger charge is 2.11. The highest BCUT2D eigenvalue weighted by atomic mass is 16.1. The fourth-order valence-electron chi connectivity index (χ4n) is 0.469. The molecule has 0 saturated carbocycles. The number of rotatable bonds is 1. The molecule has 0 aromatic carbocycles. The van der Waals surface area contributed by atoms with E-state index in [0.717, 1.165) is 6.92 Å². The van der Waals surface area contributed by atoms with Crippen molar-refractivity contribution in [3.8, 4) is 0 Å². The second-order valence-electron chi connectivity index (χ2n) is 1.63. The Kier molecular flexibility index (Phi) is 0.535. The maximum atomic E-state index is 11.3. The third-order valence-electron chi connectivity index (χ3n) is 0.928. The number of carbonyl (C=O) groups is 1. The van der Waals surface area contributed by atoms with Crippen molar-refractivity contribution in [3.63, 3.8) is 0 Å². The van der Waals surface area contributed by atoms with E-state index in [0.29, 0.717) is 6.08 Å². The Hall–Kier alpha value is -0.590. The van der Waals surface area contributed by atoms with Crippen LogP contribution in [-0.4, -0.2) is 5.78 Å². The topological polar surface area (TPSA) is 17.1 Å². The van der Waals surface area contributed by atoms with Crippen LogP contribution in [0.5, 0.6) is 0 Å². The molecule has 0 aromatic rings. The molecule has 0 bridgehead atoms. The Bertz CT molecular complexity index is 398. The minimum Gasteiger partial charge on any atom is -0.299 e. The molecular formula is C8H12O. The summed E-state index contributed by atoms with van der Waals surface area (Å²) < 4.78 is 60.0. The predicted octanol–water partition coefficient (Wildman–Crippen LogP) is 1.93. The first-order valence-electron chi connectivity index (χ1n) is 6.53. The summed E-state index contributed by atoms with van der Waals surface area (Å²) in [6.45, 7) is 0.922. The molecule has 0 radical (unpaired) electrons. The van der Waals surface area contributed by atoms with E-state index in [1.807, 2.05) is 0 Å². The van der Waals surface area contributed by atoms with Crippen molar-refractivity contribution < 1.29 is 15.8 Å². The molecule has 0 heterocycles. The Morgan fingerprint density at radius 2 is 2.89 bits per heavy atom. The molecule has 1 atom stereocenters. The third-order valence-corrected chi connectivity index (χ3v) is 0.928. The zero-order valence-electron chi connectivity index (χ0n) is 13.0. The van der Waals surface area contributed by atoms with E-state index in [1.165, 1.54) is 0 Å². The van der Waals surface area contributed by atoms with Crippen LogP contribution in [0.3, 0.4) is 0 Å². The van der Waals surface area contributed by atoms with Gasteiger partial charge in [0.25, 0.3) is 0 Å². The second kappa shape index (κ2) is 2.81. The second-order valence-corrected chi connectivity index (χ2v) is 1.63. The van der Waals surface area contributed by atoms with E-state index in [9.17, 15) is 4.79 Å². The minimum absolute atomic E-state index is 0.552. The monoisotopic (exact) mass is 132 g/mol. The lowest BCUT2D eigenvalue weighted by Gasteiger charge is -2.11. The van der Waals surface area contributed by atoms with Crippen LogP contribution in [-0.2, 0) is 4.79 Å². The molecule has 50 valence electrons. The first-order valence-corrected chi connectivity index (χ1v) is 2.53. The molecule has 0 spiro atoms. The van der Waals surface area contributed by atoms with Crippen LogP contribution in [0.25, 0.3) is 0 Å². The lowest BCUT2D eigenvalue weighted by molar-refractivity contribution is -0.119. The van der Waals surface area contributed by atoms with Gasteiger partial charge in [0.15, 0.2) is 0 Å². The fourth-order valence-corrected chi connectivity index (χ4v) is 0.469. The molecule has 0 aromatic heterocycles. The van der Waals surface area contributed by atoms with E-state index in [4.69, 9.17) is 11.0 Å². The van der Waals surface area contributed by atoms with Gasteiger partial charge >= 0.3 is 0 Å². The highest BCUT2D eigenvalue weighted by Crippen LogP contribution is 2.16. The third kappa shape index (κ3) is 1.67. The van der Waals surface area contributed by atoms with Gasteiger partial charge in [-0.15, -0.1) is 0 Å². The van der Waals surface area contributed by atoms with Gasteiger partial charge in [0, 0.05) is 15.5 Å². The SMILES string of the molecule is [2H]C1=CC([2H])(C(C)=O)C([2H])([2H])C([2H])([2H])C1([2H])[2H]. The molecule has 0 aliphatic heterocycles. The van der Waals surface area contributed by atoms with Gasteiger partial charge in [-0.3, -0.25) is 4.79 Å². The van der Waals surface area contributed by atoms with Gasteiger partial charge in [-0.2, -0.15) is 0 Å². The number of Topliss-reactive ketones (excluding diaryl/α,β-unsaturated/α-hetero) is 1. The number of hydrogen-bond acceptors (Lipinski definition) is 1. The van der Waals surface area contributed by atoms with Crippen LogP contribution < -0.4 is 0 Å². The summed E-state index contributed by atoms with van der Waals surface area (Å²) in [5, 5.41) is 0. The Morgan fingerprint density at radius 3 is 3.56 bits per heavy atom. The average Bonchev–Trinajstić information content (AvgIpc) is 2.14. The molecule has 0 N–H and O–H groups in total. The smallest absolute Gasteiger partial charge is 0.136 e. The lowest BCUT2D eigenvalue weighted by atomic mass is 9.93. The van der Waals surface area contributed by atoms with Gasteiger partial charge < -0.3 is 0 Å². The van der Waals surface area contributed by atoms with Crippen molar-refractivity contribution >= 4 is 5.78 Å². The van der Waals surface area contributed by atoms with Crippen molar-refractivity contribution in [3.05, 3.63) is 12.1 Å². The fraction of sp³-hybridized carbons (Fsp3) is 0.625. The number of allylic oxidation sites excluding steroid dienone is 2. The molecule has 0 fully saturated rings. The van der Waals surface area contributed by atoms with E-state index >= 15 is 0 Å². The Morgan fingerprint density at radius 1 is 2.11 bits per heavy atom. The molecule has 9 heavy (non-hydrogen) atoms. The van der Waals surface area contributed by atoms with Crippen LogP contribution in [0.1, 0.15) is 37.0 Å². The summed E-state index contributed by atoms with van der Waals surface area (Å²) in [6.07, 6.45) is -8.52. The van der Waals surface area contributed by atoms with Gasteiger partial charge in [0.05, 0.1) is 1.37 Å². The van der Waals surface area contributed by atoms with Gasteiger partial charge in [0.2, 0.25) is 0 Å². The quantitative estimate of drug-likeness (QED) is 0.498. The van der Waals surface area contributed by atoms with Gasteiger partial charge in [0.1, 0.15) is 5.78 Å². The largest absolute Gasteiger partial charge is 0.299 e. The summed E-state index contributed by atoms with van der Waals surface area (Å²) in [4.78, 5) is 11.3. The van der Waals surface area contributed by atoms with Crippen LogP contribution in [0.2, 0.25) is 0 Å². The van der Waals surface area contributed by atoms with Crippen LogP contribution >= 0.6 is 0 Å². The number of hydrogen-bond donors (Lipinski definition) is 0. The molecule has 1 rings (SSSR count). The minimum atomic E-state index is -3.14. The normalized spacial score (nSPS) is 65.2. The van der Waals surface area contributed by atoms with E-state index in [2.05, 4.69) is 0 Å². The van der Waals surface area contributed by atoms with Crippen molar-refractivity contribution in [2.45, 2.75) is 26.0 Å². The summed E-state index contributed by atoms with van der Waals surface area (Å²) in [5.41, 5.74) is 0. The maximum Gasteiger partial charge on any atom is 0.136 e. The molecule has 0 saturated heterocycles. The summed E-state index contributed by atoms with van der Waals surface area (Å²) >= 11 is 0. The van der Waals surface area contributed by atoms with Gasteiger partial charge in [-0.1, -0.05) is 12.1 Å². The molecule has 1 heteroatoms. The zero-order valence-corrected chi connectivity index (χ0v) is 4.99. The van der Waals surface area contributed by atoms with Crippen molar-refractivity contribution in [2.24, 2.45) is 5.89 Å². The first-order chi connectivity index (χ1) is 7.32. The average molecular weight is 132 g/mol. The van der Waals surface area contributed by atoms with E-state index in [1.54, 1.807) is 0 Å². The first kappa shape index (κ1) is 1.71. The molecule has 0 amide bonds. The molecule has 1 aliphatic rings. The highest BCUT2D eigenvalue weighted by molar-refractivity contribution is 5.80.